The van der Waals surface area contributed by atoms with E-state index in [1.807, 2.05) is 0 Å². The Bertz CT molecular complexity index is 61.0. The smallest absolute Gasteiger partial charge is 0.518 e. The molecule has 0 bridgehead atoms. The molecule has 0 atom stereocenters. The Hall–Kier alpha value is 1.66. The van der Waals surface area contributed by atoms with E-state index in [0.29, 0.717) is 0 Å². The van der Waals surface area contributed by atoms with Crippen LogP contribution in [0.15, 0.2) is 6.08 Å². The molecule has 12 heavy (non-hydrogen) atoms. The van der Waals surface area contributed by atoms with Gasteiger partial charge in [-0.05, 0) is 6.42 Å². The first kappa shape index (κ1) is 23.5. The number of hydrogen-bond donors (Lipinski definition) is 2. The summed E-state index contributed by atoms with van der Waals surface area (Å²) >= 11 is 0. The maximum absolute atomic E-state index is 8.24. The molecule has 0 aliphatic carbocycles. The molecule has 0 unspecified atom stereocenters. The van der Waals surface area contributed by atoms with Crippen LogP contribution >= 0.6 is 0 Å². The van der Waals surface area contributed by atoms with Gasteiger partial charge in [0.05, 0.1) is 0 Å². The van der Waals surface area contributed by atoms with Crippen molar-refractivity contribution in [3.63, 3.8) is 0 Å². The molecule has 0 heterocycles. The molecular weight excluding hydrogens is 174 g/mol. The van der Waals surface area contributed by atoms with E-state index in [0.717, 1.165) is 19.3 Å². The summed E-state index contributed by atoms with van der Waals surface area (Å²) in [6.07, 6.45) is 4.41. The Morgan fingerprint density at radius 1 is 1.17 bits per heavy atom. The van der Waals surface area contributed by atoms with Crippen LogP contribution in [-0.2, 0) is 0 Å². The molecule has 0 aromatic rings. The maximum atomic E-state index is 8.24. The van der Waals surface area contributed by atoms with Crippen molar-refractivity contribution in [3.05, 3.63) is 19.6 Å². The van der Waals surface area contributed by atoms with E-state index < -0.39 is 0 Å². The molecule has 0 radical (unpaired) electrons. The molecule has 0 spiro atoms. The van der Waals surface area contributed by atoms with Crippen LogP contribution in [0.3, 0.4) is 0 Å². The zero-order valence-electron chi connectivity index (χ0n) is 8.29. The van der Waals surface area contributed by atoms with Crippen LogP contribution in [0, 0.1) is 13.5 Å². The summed E-state index contributed by atoms with van der Waals surface area (Å²) < 4.78 is 0. The fraction of sp³-hybridized carbons (Fsp3) is 0.625. The minimum absolute atomic E-state index is 0. The van der Waals surface area contributed by atoms with Gasteiger partial charge in [-0.2, -0.15) is 0 Å². The molecule has 0 aromatic heterocycles. The SMILES string of the molecule is [CH-]=CCCCCO.[CH2-]CO.[Na+].[Na+]. The third kappa shape index (κ3) is 41.4. The minimum atomic E-state index is 0. The molecular formula is C8H16Na2O2. The van der Waals surface area contributed by atoms with Crippen LogP contribution < -0.4 is 59.1 Å². The van der Waals surface area contributed by atoms with Gasteiger partial charge < -0.3 is 23.7 Å². The largest absolute Gasteiger partial charge is 1.00 e. The number of rotatable bonds is 4. The van der Waals surface area contributed by atoms with Crippen molar-refractivity contribution in [1.82, 2.24) is 0 Å². The van der Waals surface area contributed by atoms with Crippen LogP contribution in [0.1, 0.15) is 19.3 Å². The average molecular weight is 190 g/mol. The summed E-state index contributed by atoms with van der Waals surface area (Å²) in [5.41, 5.74) is 0. The molecule has 0 aromatic carbocycles. The number of unbranched alkanes of at least 4 members (excludes halogenated alkanes) is 2. The molecule has 0 aliphatic rings. The zero-order chi connectivity index (χ0) is 8.24. The van der Waals surface area contributed by atoms with E-state index in [9.17, 15) is 0 Å². The average Bonchev–Trinajstić information content (AvgIpc) is 1.91. The summed E-state index contributed by atoms with van der Waals surface area (Å²) in [6, 6.07) is 0. The molecule has 4 heteroatoms. The van der Waals surface area contributed by atoms with Gasteiger partial charge in [0.25, 0.3) is 0 Å². The molecule has 0 amide bonds. The standard InChI is InChI=1S/C6H11O.C2H5O.2Na/c1-2-3-4-5-6-7;1-2-3;;/h1-2,7H,3-6H2;3H,1-2H2;;/q2*-1;2*+1. The third-order valence-corrected chi connectivity index (χ3v) is 0.779. The summed E-state index contributed by atoms with van der Waals surface area (Å²) in [4.78, 5) is 0. The maximum Gasteiger partial charge on any atom is 1.00 e. The Labute approximate surface area is 120 Å². The summed E-state index contributed by atoms with van der Waals surface area (Å²) in [7, 11) is 0. The van der Waals surface area contributed by atoms with E-state index in [1.165, 1.54) is 0 Å². The fourth-order valence-corrected chi connectivity index (χ4v) is 0.374. The van der Waals surface area contributed by atoms with Crippen molar-refractivity contribution in [1.29, 1.82) is 0 Å². The quantitative estimate of drug-likeness (QED) is 0.265. The van der Waals surface area contributed by atoms with Crippen LogP contribution in [0.2, 0.25) is 0 Å². The van der Waals surface area contributed by atoms with Crippen molar-refractivity contribution < 1.29 is 69.3 Å². The van der Waals surface area contributed by atoms with Crippen LogP contribution in [0.4, 0.5) is 0 Å². The minimum Gasteiger partial charge on any atom is -0.518 e. The van der Waals surface area contributed by atoms with E-state index in [1.54, 1.807) is 6.08 Å². The number of allylic oxidation sites excluding steroid dienone is 1. The van der Waals surface area contributed by atoms with E-state index in [2.05, 4.69) is 6.92 Å². The number of hydrogen-bond acceptors (Lipinski definition) is 2. The predicted molar refractivity (Wildman–Crippen MR) is 42.2 cm³/mol. The van der Waals surface area contributed by atoms with Gasteiger partial charge in [0.1, 0.15) is 0 Å². The number of aliphatic hydroxyl groups excluding tert-OH is 2. The van der Waals surface area contributed by atoms with Crippen molar-refractivity contribution >= 4 is 0 Å². The van der Waals surface area contributed by atoms with Crippen molar-refractivity contribution in [2.24, 2.45) is 0 Å². The van der Waals surface area contributed by atoms with Gasteiger partial charge in [-0.3, -0.25) is 6.08 Å². The Kier molecular flexibility index (Phi) is 57.4. The van der Waals surface area contributed by atoms with Gasteiger partial charge in [-0.15, -0.1) is 0 Å². The third-order valence-electron chi connectivity index (χ3n) is 0.779. The van der Waals surface area contributed by atoms with Gasteiger partial charge in [0.2, 0.25) is 0 Å². The van der Waals surface area contributed by atoms with Gasteiger partial charge in [-0.25, -0.2) is 0 Å². The first-order chi connectivity index (χ1) is 4.83. The van der Waals surface area contributed by atoms with Crippen molar-refractivity contribution in [3.8, 4) is 0 Å². The van der Waals surface area contributed by atoms with E-state index in [-0.39, 0.29) is 72.3 Å². The van der Waals surface area contributed by atoms with Gasteiger partial charge in [0, 0.05) is 6.61 Å². The Morgan fingerprint density at radius 3 is 1.83 bits per heavy atom. The van der Waals surface area contributed by atoms with Gasteiger partial charge in [-0.1, -0.05) is 19.4 Å². The molecule has 0 fully saturated rings. The second-order valence-electron chi connectivity index (χ2n) is 1.68. The molecule has 2 nitrogen and oxygen atoms in total. The van der Waals surface area contributed by atoms with Gasteiger partial charge >= 0.3 is 59.1 Å². The molecule has 62 valence electrons. The van der Waals surface area contributed by atoms with Crippen LogP contribution in [0.25, 0.3) is 0 Å². The monoisotopic (exact) mass is 190 g/mol. The topological polar surface area (TPSA) is 40.5 Å². The summed E-state index contributed by atoms with van der Waals surface area (Å²) in [5, 5.41) is 15.7. The van der Waals surface area contributed by atoms with Gasteiger partial charge in [0.15, 0.2) is 0 Å². The first-order valence-electron chi connectivity index (χ1n) is 3.37. The Balaban J connectivity index is -0.0000000569. The number of aliphatic hydroxyl groups is 2. The van der Waals surface area contributed by atoms with Crippen LogP contribution in [0.5, 0.6) is 0 Å². The molecule has 2 N–H and O–H groups in total. The fourth-order valence-electron chi connectivity index (χ4n) is 0.374. The van der Waals surface area contributed by atoms with Crippen LogP contribution in [-0.4, -0.2) is 23.4 Å². The normalized spacial score (nSPS) is 6.58. The first-order valence-corrected chi connectivity index (χ1v) is 3.37. The molecule has 0 rings (SSSR count). The molecule has 0 saturated heterocycles. The zero-order valence-corrected chi connectivity index (χ0v) is 12.3. The van der Waals surface area contributed by atoms with Crippen molar-refractivity contribution in [2.75, 3.05) is 13.2 Å². The molecule has 0 aliphatic heterocycles. The predicted octanol–water partition coefficient (Wildman–Crippen LogP) is -5.04. The summed E-state index contributed by atoms with van der Waals surface area (Å²) in [5.74, 6) is 0. The van der Waals surface area contributed by atoms with Crippen molar-refractivity contribution in [2.45, 2.75) is 19.3 Å². The second-order valence-corrected chi connectivity index (χ2v) is 1.68. The second kappa shape index (κ2) is 29.3. The molecule has 0 saturated carbocycles. The van der Waals surface area contributed by atoms with E-state index in [4.69, 9.17) is 16.8 Å². The Morgan fingerprint density at radius 2 is 1.58 bits per heavy atom. The van der Waals surface area contributed by atoms with E-state index >= 15 is 0 Å². The summed E-state index contributed by atoms with van der Waals surface area (Å²) in [6.45, 7) is 8.39.